The second-order valence-electron chi connectivity index (χ2n) is 17.3. The SMILES string of the molecule is CCC(=O)C[C@H]1CN(C=O)CCc2c([nH]c3ccccc23)[C@@](C(=O)OC)(c2cc3c(cc2OC)N(C=O)[C@H]2[C@@](O)(C(=O)OC)[C@H](OC(C)=O)[C@]4(CC)C=CCN5CC[C@]32[C@@H]54)C1. The maximum absolute atomic E-state index is 15.3. The van der Waals surface area contributed by atoms with E-state index < -0.39 is 63.9 Å². The average Bonchev–Trinajstić information content (AvgIpc) is 3.95. The van der Waals surface area contributed by atoms with E-state index in [1.807, 2.05) is 49.4 Å². The van der Waals surface area contributed by atoms with Gasteiger partial charge in [0.2, 0.25) is 18.4 Å². The molecule has 5 heterocycles. The minimum Gasteiger partial charge on any atom is -0.496 e. The number of carbonyl (C=O) groups excluding carboxylic acids is 6. The molecular weight excluding hydrogens is 785 g/mol. The minimum atomic E-state index is -2.58. The van der Waals surface area contributed by atoms with Gasteiger partial charge in [0, 0.05) is 84.5 Å². The number of rotatable bonds is 11. The van der Waals surface area contributed by atoms with Crippen molar-refractivity contribution in [3.05, 3.63) is 70.9 Å². The molecule has 3 aromatic rings. The van der Waals surface area contributed by atoms with E-state index in [2.05, 4.69) is 9.88 Å². The summed E-state index contributed by atoms with van der Waals surface area (Å²) < 4.78 is 23.5. The van der Waals surface area contributed by atoms with Crippen LogP contribution in [0.2, 0.25) is 0 Å². The fourth-order valence-electron chi connectivity index (χ4n) is 12.5. The van der Waals surface area contributed by atoms with Crippen molar-refractivity contribution < 1.29 is 52.8 Å². The zero-order chi connectivity index (χ0) is 43.6. The van der Waals surface area contributed by atoms with E-state index in [0.717, 1.165) is 30.0 Å². The molecule has 324 valence electrons. The Morgan fingerprint density at radius 3 is 2.38 bits per heavy atom. The number of aromatic nitrogens is 1. The number of nitrogens with zero attached hydrogens (tertiary/aromatic N) is 3. The molecule has 15 nitrogen and oxygen atoms in total. The highest BCUT2D eigenvalue weighted by Crippen LogP contribution is 2.68. The Morgan fingerprint density at radius 2 is 1.72 bits per heavy atom. The van der Waals surface area contributed by atoms with Gasteiger partial charge in [-0.15, -0.1) is 0 Å². The Hall–Kier alpha value is -5.54. The van der Waals surface area contributed by atoms with Crippen LogP contribution in [0, 0.1) is 11.3 Å². The van der Waals surface area contributed by atoms with E-state index in [4.69, 9.17) is 18.9 Å². The summed E-state index contributed by atoms with van der Waals surface area (Å²) in [6.07, 6.45) is 5.23. The molecule has 2 N–H and O–H groups in total. The van der Waals surface area contributed by atoms with Crippen molar-refractivity contribution in [3.63, 3.8) is 0 Å². The van der Waals surface area contributed by atoms with Crippen LogP contribution in [0.1, 0.15) is 75.3 Å². The number of hydrogen-bond donors (Lipinski definition) is 2. The molecule has 0 bridgehead atoms. The Morgan fingerprint density at radius 1 is 0.967 bits per heavy atom. The monoisotopic (exact) mass is 838 g/mol. The van der Waals surface area contributed by atoms with Gasteiger partial charge in [-0.05, 0) is 61.4 Å². The summed E-state index contributed by atoms with van der Waals surface area (Å²) in [5.74, 6) is -2.76. The Kier molecular flexibility index (Phi) is 10.7. The minimum absolute atomic E-state index is 0.0242. The van der Waals surface area contributed by atoms with Crippen LogP contribution >= 0.6 is 0 Å². The van der Waals surface area contributed by atoms with Crippen molar-refractivity contribution in [2.45, 2.75) is 93.9 Å². The first-order chi connectivity index (χ1) is 29.3. The lowest BCUT2D eigenvalue weighted by atomic mass is 9.47. The smallest absolute Gasteiger partial charge is 0.344 e. The summed E-state index contributed by atoms with van der Waals surface area (Å²) in [5, 5.41) is 14.1. The van der Waals surface area contributed by atoms with Gasteiger partial charge in [0.25, 0.3) is 0 Å². The molecule has 1 saturated carbocycles. The standard InChI is InChI=1S/C46H54N4O11/c1-7-29(54)20-28-23-45(41(55)59-5,37-31(14-18-48(24-28)25-51)30-12-9-10-13-34(30)47-37)33-21-32-35(22-36(33)58-4)50(26-52)39-44(32)16-19-49-17-11-15-43(8-2,38(44)49)40(61-27(3)53)46(39,57)42(56)60-6/h9-13,15,21-22,25-26,28,38-40,47,57H,7-8,14,16-20,23-24H2,1-6H3/t28-,38+,39-,40-,43-,44-,45+,46+/m1/s1. The molecule has 8 rings (SSSR count). The van der Waals surface area contributed by atoms with Crippen molar-refractivity contribution in [2.24, 2.45) is 11.3 Å². The van der Waals surface area contributed by atoms with Gasteiger partial charge in [-0.2, -0.15) is 0 Å². The molecule has 1 saturated heterocycles. The molecule has 8 atom stereocenters. The fraction of sp³-hybridized carbons (Fsp3) is 0.522. The summed E-state index contributed by atoms with van der Waals surface area (Å²) >= 11 is 0. The van der Waals surface area contributed by atoms with Crippen LogP contribution in [-0.4, -0.2) is 128 Å². The van der Waals surface area contributed by atoms with E-state index in [-0.39, 0.29) is 37.3 Å². The van der Waals surface area contributed by atoms with Gasteiger partial charge in [-0.3, -0.25) is 28.9 Å². The molecule has 0 unspecified atom stereocenters. The number of benzene rings is 2. The predicted molar refractivity (Wildman–Crippen MR) is 222 cm³/mol. The van der Waals surface area contributed by atoms with E-state index in [0.29, 0.717) is 67.8 Å². The zero-order valence-electron chi connectivity index (χ0n) is 35.5. The molecule has 61 heavy (non-hydrogen) atoms. The van der Waals surface area contributed by atoms with Gasteiger partial charge in [-0.1, -0.05) is 44.2 Å². The molecule has 1 aliphatic carbocycles. The van der Waals surface area contributed by atoms with Crippen LogP contribution in [-0.2, 0) is 60.2 Å². The van der Waals surface area contributed by atoms with Gasteiger partial charge in [0.05, 0.1) is 33.1 Å². The number of aromatic amines is 1. The number of fused-ring (bicyclic) bond motifs is 4. The molecule has 15 heteroatoms. The van der Waals surface area contributed by atoms with E-state index in [1.54, 1.807) is 17.9 Å². The van der Waals surface area contributed by atoms with Crippen LogP contribution in [0.5, 0.6) is 5.75 Å². The molecule has 1 spiro atoms. The number of para-hydroxylation sites is 1. The third-order valence-corrected chi connectivity index (χ3v) is 14.7. The van der Waals surface area contributed by atoms with Crippen molar-refractivity contribution >= 4 is 53.1 Å². The fourth-order valence-corrected chi connectivity index (χ4v) is 12.5. The molecule has 0 radical (unpaired) electrons. The summed E-state index contributed by atoms with van der Waals surface area (Å²) in [5.41, 5.74) is -3.23. The lowest BCUT2D eigenvalue weighted by Gasteiger charge is -2.63. The Bertz CT molecular complexity index is 2340. The highest BCUT2D eigenvalue weighted by Gasteiger charge is 2.81. The summed E-state index contributed by atoms with van der Waals surface area (Å²) in [4.78, 5) is 91.2. The number of ketones is 1. The van der Waals surface area contributed by atoms with E-state index in [9.17, 15) is 29.1 Å². The van der Waals surface area contributed by atoms with Gasteiger partial charge < -0.3 is 38.8 Å². The number of H-pyrrole nitrogens is 1. The van der Waals surface area contributed by atoms with Crippen LogP contribution < -0.4 is 9.64 Å². The second-order valence-corrected chi connectivity index (χ2v) is 17.3. The number of Topliss-reactive ketones (excluding diaryl/α,β-unsaturated/α-hetero) is 1. The summed E-state index contributed by atoms with van der Waals surface area (Å²) in [6.45, 7) is 6.47. The first kappa shape index (κ1) is 42.2. The van der Waals surface area contributed by atoms with Gasteiger partial charge in [-0.25, -0.2) is 4.79 Å². The first-order valence-electron chi connectivity index (χ1n) is 21.1. The highest BCUT2D eigenvalue weighted by atomic mass is 16.6. The molecule has 4 aliphatic heterocycles. The van der Waals surface area contributed by atoms with Crippen molar-refractivity contribution in [3.8, 4) is 5.75 Å². The maximum Gasteiger partial charge on any atom is 0.344 e. The van der Waals surface area contributed by atoms with Crippen molar-refractivity contribution in [1.29, 1.82) is 0 Å². The molecule has 5 aliphatic rings. The summed E-state index contributed by atoms with van der Waals surface area (Å²) in [6, 6.07) is 9.36. The van der Waals surface area contributed by atoms with Gasteiger partial charge >= 0.3 is 17.9 Å². The number of ether oxygens (including phenoxy) is 4. The molecule has 2 fully saturated rings. The van der Waals surface area contributed by atoms with Crippen molar-refractivity contribution in [2.75, 3.05) is 52.4 Å². The van der Waals surface area contributed by atoms with Crippen LogP contribution in [0.25, 0.3) is 10.9 Å². The lowest BCUT2D eigenvalue weighted by Crippen LogP contribution is -2.81. The number of esters is 3. The zero-order valence-corrected chi connectivity index (χ0v) is 35.5. The first-order valence-corrected chi connectivity index (χ1v) is 21.1. The highest BCUT2D eigenvalue weighted by molar-refractivity contribution is 5.97. The molecule has 1 aromatic heterocycles. The van der Waals surface area contributed by atoms with Gasteiger partial charge in [0.15, 0.2) is 6.10 Å². The topological polar surface area (TPSA) is 185 Å². The predicted octanol–water partition coefficient (Wildman–Crippen LogP) is 3.50. The Labute approximate surface area is 354 Å². The number of amides is 2. The normalized spacial score (nSPS) is 31.4. The maximum atomic E-state index is 15.3. The molecular formula is C46H54N4O11. The van der Waals surface area contributed by atoms with E-state index >= 15 is 4.79 Å². The third kappa shape index (κ3) is 5.75. The number of aliphatic hydroxyl groups is 1. The molecule has 2 aromatic carbocycles. The quantitative estimate of drug-likeness (QED) is 0.124. The number of carbonyl (C=O) groups is 6. The number of hydrogen-bond acceptors (Lipinski definition) is 12. The van der Waals surface area contributed by atoms with Crippen LogP contribution in [0.15, 0.2) is 48.6 Å². The lowest BCUT2D eigenvalue weighted by molar-refractivity contribution is -0.228. The number of anilines is 1. The van der Waals surface area contributed by atoms with Crippen LogP contribution in [0.4, 0.5) is 5.69 Å². The van der Waals surface area contributed by atoms with Crippen molar-refractivity contribution in [1.82, 2.24) is 14.8 Å². The average molecular weight is 839 g/mol. The summed E-state index contributed by atoms with van der Waals surface area (Å²) in [7, 11) is 3.93. The number of methoxy groups -OCH3 is 3. The Balaban J connectivity index is 1.49. The van der Waals surface area contributed by atoms with E-state index in [1.165, 1.54) is 26.0 Å². The van der Waals surface area contributed by atoms with Gasteiger partial charge in [0.1, 0.15) is 16.9 Å². The number of nitrogens with one attached hydrogen (secondary N) is 1. The largest absolute Gasteiger partial charge is 0.496 e. The second kappa shape index (κ2) is 15.4. The van der Waals surface area contributed by atoms with Crippen LogP contribution in [0.3, 0.4) is 0 Å². The molecule has 2 amide bonds. The third-order valence-electron chi connectivity index (χ3n) is 14.7.